The molecule has 1 heterocycles. The van der Waals surface area contributed by atoms with Crippen LogP contribution in [0.5, 0.6) is 5.75 Å². The maximum atomic E-state index is 12.2. The van der Waals surface area contributed by atoms with Crippen molar-refractivity contribution in [1.82, 2.24) is 15.4 Å². The van der Waals surface area contributed by atoms with Crippen molar-refractivity contribution in [1.29, 1.82) is 0 Å². The Morgan fingerprint density at radius 2 is 2.03 bits per heavy atom. The van der Waals surface area contributed by atoms with Gasteiger partial charge in [0.25, 0.3) is 0 Å². The van der Waals surface area contributed by atoms with Gasteiger partial charge in [-0.15, -0.1) is 0 Å². The summed E-state index contributed by atoms with van der Waals surface area (Å²) >= 11 is 0. The zero-order valence-electron chi connectivity index (χ0n) is 17.7. The van der Waals surface area contributed by atoms with Crippen molar-refractivity contribution in [3.63, 3.8) is 0 Å². The lowest BCUT2D eigenvalue weighted by Crippen LogP contribution is -2.45. The number of hydrogen-bond donors (Lipinski definition) is 3. The van der Waals surface area contributed by atoms with E-state index < -0.39 is 10.0 Å². The van der Waals surface area contributed by atoms with Gasteiger partial charge in [0, 0.05) is 25.1 Å². The maximum absolute atomic E-state index is 12.2. The van der Waals surface area contributed by atoms with E-state index in [9.17, 15) is 8.42 Å². The molecule has 3 rings (SSSR count). The van der Waals surface area contributed by atoms with E-state index in [1.54, 1.807) is 0 Å². The summed E-state index contributed by atoms with van der Waals surface area (Å²) in [4.78, 5) is 4.51. The highest BCUT2D eigenvalue weighted by Crippen LogP contribution is 2.39. The Bertz CT molecular complexity index is 819. The van der Waals surface area contributed by atoms with Gasteiger partial charge in [-0.3, -0.25) is 4.99 Å². The van der Waals surface area contributed by atoms with Crippen molar-refractivity contribution in [2.75, 3.05) is 25.4 Å². The van der Waals surface area contributed by atoms with Crippen molar-refractivity contribution in [2.24, 2.45) is 10.9 Å². The minimum absolute atomic E-state index is 0.00779. The summed E-state index contributed by atoms with van der Waals surface area (Å²) in [6.45, 7) is 7.61. The Kier molecular flexibility index (Phi) is 7.05. The standard InChI is InChI=1S/C21H34N4O3S/c1-4-22-20(23-12-13-29(26,27)24-15-16-8-7-9-16)25-18-14-21(2,3)28-19-11-6-5-10-17(18)19/h5-6,10-11,16,18,24H,4,7-9,12-15H2,1-3H3,(H2,22,23,25). The van der Waals surface area contributed by atoms with E-state index in [0.717, 1.165) is 30.6 Å². The van der Waals surface area contributed by atoms with Crippen LogP contribution in [0.3, 0.4) is 0 Å². The lowest BCUT2D eigenvalue weighted by molar-refractivity contribution is 0.0694. The first-order valence-electron chi connectivity index (χ1n) is 10.6. The number of aliphatic imine (C=N–C) groups is 1. The summed E-state index contributed by atoms with van der Waals surface area (Å²) in [7, 11) is -3.30. The normalized spacial score (nSPS) is 21.6. The molecule has 1 aromatic rings. The van der Waals surface area contributed by atoms with E-state index in [1.807, 2.05) is 25.1 Å². The highest BCUT2D eigenvalue weighted by molar-refractivity contribution is 7.89. The Labute approximate surface area is 174 Å². The molecule has 1 fully saturated rings. The topological polar surface area (TPSA) is 91.8 Å². The Morgan fingerprint density at radius 1 is 1.28 bits per heavy atom. The Hall–Kier alpha value is -1.80. The third-order valence-electron chi connectivity index (χ3n) is 5.48. The van der Waals surface area contributed by atoms with Crippen molar-refractivity contribution in [3.05, 3.63) is 29.8 Å². The average molecular weight is 423 g/mol. The van der Waals surface area contributed by atoms with E-state index in [2.05, 4.69) is 40.3 Å². The third-order valence-corrected chi connectivity index (χ3v) is 6.80. The van der Waals surface area contributed by atoms with Crippen LogP contribution in [0.4, 0.5) is 0 Å². The fourth-order valence-corrected chi connectivity index (χ4v) is 4.67. The summed E-state index contributed by atoms with van der Waals surface area (Å²) in [6, 6.07) is 8.05. The van der Waals surface area contributed by atoms with Crippen molar-refractivity contribution < 1.29 is 13.2 Å². The zero-order chi connectivity index (χ0) is 20.9. The maximum Gasteiger partial charge on any atom is 0.213 e. The van der Waals surface area contributed by atoms with Crippen molar-refractivity contribution in [3.8, 4) is 5.75 Å². The van der Waals surface area contributed by atoms with Crippen LogP contribution < -0.4 is 20.1 Å². The number of para-hydroxylation sites is 1. The van der Waals surface area contributed by atoms with E-state index in [0.29, 0.717) is 25.0 Å². The van der Waals surface area contributed by atoms with Crippen molar-refractivity contribution in [2.45, 2.75) is 58.1 Å². The largest absolute Gasteiger partial charge is 0.487 e. The highest BCUT2D eigenvalue weighted by atomic mass is 32.2. The smallest absolute Gasteiger partial charge is 0.213 e. The van der Waals surface area contributed by atoms with Gasteiger partial charge in [0.15, 0.2) is 5.96 Å². The van der Waals surface area contributed by atoms with E-state index in [1.165, 1.54) is 6.42 Å². The lowest BCUT2D eigenvalue weighted by atomic mass is 9.86. The summed E-state index contributed by atoms with van der Waals surface area (Å²) < 4.78 is 33.2. The van der Waals surface area contributed by atoms with Gasteiger partial charge in [-0.05, 0) is 45.6 Å². The Balaban J connectivity index is 1.61. The minimum Gasteiger partial charge on any atom is -0.487 e. The molecule has 1 atom stereocenters. The predicted molar refractivity (Wildman–Crippen MR) is 117 cm³/mol. The second-order valence-corrected chi connectivity index (χ2v) is 10.5. The highest BCUT2D eigenvalue weighted by Gasteiger charge is 2.34. The van der Waals surface area contributed by atoms with Crippen LogP contribution >= 0.6 is 0 Å². The number of ether oxygens (including phenoxy) is 1. The first-order valence-corrected chi connectivity index (χ1v) is 12.2. The second kappa shape index (κ2) is 9.34. The average Bonchev–Trinajstić information content (AvgIpc) is 2.59. The fourth-order valence-electron chi connectivity index (χ4n) is 3.71. The summed E-state index contributed by atoms with van der Waals surface area (Å²) in [5, 5.41) is 6.69. The molecule has 0 aromatic heterocycles. The van der Waals surface area contributed by atoms with Crippen LogP contribution in [0.2, 0.25) is 0 Å². The van der Waals surface area contributed by atoms with Gasteiger partial charge in [0.05, 0.1) is 18.3 Å². The molecule has 0 saturated heterocycles. The van der Waals surface area contributed by atoms with Gasteiger partial charge < -0.3 is 15.4 Å². The molecular formula is C21H34N4O3S. The molecule has 0 radical (unpaired) electrons. The van der Waals surface area contributed by atoms with Crippen LogP contribution in [0, 0.1) is 5.92 Å². The molecule has 162 valence electrons. The van der Waals surface area contributed by atoms with Crippen LogP contribution in [-0.2, 0) is 10.0 Å². The van der Waals surface area contributed by atoms with Crippen molar-refractivity contribution >= 4 is 16.0 Å². The Morgan fingerprint density at radius 3 is 2.72 bits per heavy atom. The van der Waals surface area contributed by atoms with Crippen LogP contribution in [0.15, 0.2) is 29.3 Å². The molecule has 1 unspecified atom stereocenters. The van der Waals surface area contributed by atoms with Gasteiger partial charge in [-0.25, -0.2) is 13.1 Å². The number of guanidine groups is 1. The molecule has 2 aliphatic rings. The first-order chi connectivity index (χ1) is 13.8. The van der Waals surface area contributed by atoms with Gasteiger partial charge in [0.2, 0.25) is 10.0 Å². The SMILES string of the molecule is CCNC(=NCCS(=O)(=O)NCC1CCC1)NC1CC(C)(C)Oc2ccccc21. The minimum atomic E-state index is -3.30. The zero-order valence-corrected chi connectivity index (χ0v) is 18.5. The van der Waals surface area contributed by atoms with Gasteiger partial charge in [0.1, 0.15) is 11.4 Å². The number of fused-ring (bicyclic) bond motifs is 1. The first kappa shape index (κ1) is 21.9. The molecule has 7 nitrogen and oxygen atoms in total. The van der Waals surface area contributed by atoms with E-state index in [4.69, 9.17) is 4.74 Å². The fraction of sp³-hybridized carbons (Fsp3) is 0.667. The summed E-state index contributed by atoms with van der Waals surface area (Å²) in [6.07, 6.45) is 4.24. The molecule has 1 aliphatic heterocycles. The molecular weight excluding hydrogens is 388 g/mol. The molecule has 1 saturated carbocycles. The molecule has 0 spiro atoms. The van der Waals surface area contributed by atoms with Gasteiger partial charge in [-0.2, -0.15) is 0 Å². The molecule has 29 heavy (non-hydrogen) atoms. The number of benzene rings is 1. The molecule has 1 aliphatic carbocycles. The number of sulfonamides is 1. The van der Waals surface area contributed by atoms with Crippen LogP contribution in [0.1, 0.15) is 58.1 Å². The van der Waals surface area contributed by atoms with Crippen LogP contribution in [0.25, 0.3) is 0 Å². The monoisotopic (exact) mass is 422 g/mol. The predicted octanol–water partition coefficient (Wildman–Crippen LogP) is 2.56. The quantitative estimate of drug-likeness (QED) is 0.442. The molecule has 8 heteroatoms. The van der Waals surface area contributed by atoms with Crippen LogP contribution in [-0.4, -0.2) is 45.4 Å². The lowest BCUT2D eigenvalue weighted by Gasteiger charge is -2.38. The van der Waals surface area contributed by atoms with Gasteiger partial charge in [-0.1, -0.05) is 24.6 Å². The second-order valence-electron chi connectivity index (χ2n) is 8.53. The van der Waals surface area contributed by atoms with E-state index in [-0.39, 0.29) is 23.9 Å². The number of rotatable bonds is 8. The summed E-state index contributed by atoms with van der Waals surface area (Å²) in [5.41, 5.74) is 0.796. The molecule has 3 N–H and O–H groups in total. The van der Waals surface area contributed by atoms with Gasteiger partial charge >= 0.3 is 0 Å². The third kappa shape index (κ3) is 6.34. The molecule has 1 aromatic carbocycles. The summed E-state index contributed by atoms with van der Waals surface area (Å²) in [5.74, 6) is 2.00. The van der Waals surface area contributed by atoms with E-state index >= 15 is 0 Å². The number of nitrogens with one attached hydrogen (secondary N) is 3. The number of hydrogen-bond acceptors (Lipinski definition) is 4. The molecule has 0 amide bonds. The number of nitrogens with zero attached hydrogens (tertiary/aromatic N) is 1. The molecule has 0 bridgehead atoms.